The number of aliphatic hydroxyl groups excluding tert-OH is 1. The highest BCUT2D eigenvalue weighted by Crippen LogP contribution is 2.30. The minimum Gasteiger partial charge on any atom is -0.491 e. The molecule has 5 nitrogen and oxygen atoms in total. The molecule has 29 heavy (non-hydrogen) atoms. The Morgan fingerprint density at radius 1 is 1.03 bits per heavy atom. The van der Waals surface area contributed by atoms with Crippen LogP contribution in [0.1, 0.15) is 19.5 Å². The van der Waals surface area contributed by atoms with Gasteiger partial charge < -0.3 is 19.6 Å². The van der Waals surface area contributed by atoms with Crippen LogP contribution < -0.4 is 4.74 Å². The van der Waals surface area contributed by atoms with E-state index in [1.165, 1.54) is 0 Å². The van der Waals surface area contributed by atoms with E-state index in [1.807, 2.05) is 66.7 Å². The molecule has 2 unspecified atom stereocenters. The van der Waals surface area contributed by atoms with Gasteiger partial charge in [-0.25, -0.2) is 0 Å². The van der Waals surface area contributed by atoms with Crippen LogP contribution in [0.4, 0.5) is 0 Å². The van der Waals surface area contributed by atoms with Crippen LogP contribution in [-0.2, 0) is 16.0 Å². The molecule has 1 heterocycles. The first kappa shape index (κ1) is 20.7. The molecule has 0 amide bonds. The van der Waals surface area contributed by atoms with E-state index in [1.54, 1.807) is 20.0 Å². The first-order chi connectivity index (χ1) is 14.0. The number of H-pyrrole nitrogens is 1. The maximum atomic E-state index is 12.6. The molecule has 0 spiro atoms. The quantitative estimate of drug-likeness (QED) is 0.534. The summed E-state index contributed by atoms with van der Waals surface area (Å²) >= 11 is 0. The zero-order valence-electron chi connectivity index (χ0n) is 16.8. The van der Waals surface area contributed by atoms with Gasteiger partial charge in [-0.3, -0.25) is 4.79 Å². The van der Waals surface area contributed by atoms with Crippen molar-refractivity contribution in [3.8, 4) is 16.9 Å². The zero-order chi connectivity index (χ0) is 20.7. The second-order valence-corrected chi connectivity index (χ2v) is 7.23. The molecule has 0 bridgehead atoms. The average Bonchev–Trinajstić information content (AvgIpc) is 3.26. The van der Waals surface area contributed by atoms with Gasteiger partial charge in [-0.1, -0.05) is 42.5 Å². The van der Waals surface area contributed by atoms with Gasteiger partial charge in [0.25, 0.3) is 0 Å². The second-order valence-electron chi connectivity index (χ2n) is 7.23. The van der Waals surface area contributed by atoms with Gasteiger partial charge >= 0.3 is 5.97 Å². The predicted molar refractivity (Wildman–Crippen MR) is 113 cm³/mol. The lowest BCUT2D eigenvalue weighted by atomic mass is 9.80. The molecule has 0 aliphatic rings. The van der Waals surface area contributed by atoms with Gasteiger partial charge in [-0.05, 0) is 49.2 Å². The van der Waals surface area contributed by atoms with E-state index in [9.17, 15) is 9.90 Å². The normalized spacial score (nSPS) is 14.0. The van der Waals surface area contributed by atoms with E-state index in [-0.39, 0.29) is 13.2 Å². The molecule has 0 aliphatic carbocycles. The monoisotopic (exact) mass is 393 g/mol. The van der Waals surface area contributed by atoms with Crippen molar-refractivity contribution in [3.63, 3.8) is 0 Å². The molecule has 152 valence electrons. The van der Waals surface area contributed by atoms with E-state index in [0.717, 1.165) is 16.8 Å². The fourth-order valence-corrected chi connectivity index (χ4v) is 3.23. The number of ether oxygens (including phenoxy) is 2. The minimum absolute atomic E-state index is 0.0132. The molecule has 2 aromatic carbocycles. The van der Waals surface area contributed by atoms with Crippen LogP contribution in [0.2, 0.25) is 0 Å². The molecule has 0 fully saturated rings. The van der Waals surface area contributed by atoms with Gasteiger partial charge in [-0.2, -0.15) is 0 Å². The molecule has 0 aliphatic heterocycles. The van der Waals surface area contributed by atoms with Crippen LogP contribution in [0.15, 0.2) is 72.9 Å². The Bertz CT molecular complexity index is 890. The summed E-state index contributed by atoms with van der Waals surface area (Å²) < 4.78 is 11.0. The number of hydrogen-bond acceptors (Lipinski definition) is 4. The molecule has 0 saturated heterocycles. The molecule has 0 saturated carbocycles. The largest absolute Gasteiger partial charge is 0.491 e. The highest BCUT2D eigenvalue weighted by molar-refractivity contribution is 5.77. The number of carbonyl (C=O) groups is 1. The van der Waals surface area contributed by atoms with E-state index < -0.39 is 17.5 Å². The number of aromatic amines is 1. The lowest BCUT2D eigenvalue weighted by Gasteiger charge is -2.31. The first-order valence-electron chi connectivity index (χ1n) is 9.79. The zero-order valence-corrected chi connectivity index (χ0v) is 16.8. The molecule has 3 aromatic rings. The summed E-state index contributed by atoms with van der Waals surface area (Å²) in [4.78, 5) is 15.7. The van der Waals surface area contributed by atoms with Gasteiger partial charge in [0.2, 0.25) is 0 Å². The first-order valence-corrected chi connectivity index (χ1v) is 9.79. The lowest BCUT2D eigenvalue weighted by molar-refractivity contribution is -0.163. The Labute approximate surface area is 171 Å². The van der Waals surface area contributed by atoms with Crippen LogP contribution in [0, 0.1) is 5.41 Å². The SMILES string of the molecule is CCOC(=O)C(C)(Cc1ccc[nH]1)C(O)COc1ccc(-c2ccccc2)cc1. The number of rotatable bonds is 9. The molecule has 0 radical (unpaired) electrons. The summed E-state index contributed by atoms with van der Waals surface area (Å²) in [6.45, 7) is 3.71. The third-order valence-electron chi connectivity index (χ3n) is 5.07. The van der Waals surface area contributed by atoms with E-state index >= 15 is 0 Å². The summed E-state index contributed by atoms with van der Waals surface area (Å²) in [5, 5.41) is 10.8. The van der Waals surface area contributed by atoms with Crippen molar-refractivity contribution >= 4 is 5.97 Å². The number of carbonyl (C=O) groups excluding carboxylic acids is 1. The Kier molecular flexibility index (Phi) is 6.73. The summed E-state index contributed by atoms with van der Waals surface area (Å²) in [7, 11) is 0. The summed E-state index contributed by atoms with van der Waals surface area (Å²) in [6.07, 6.45) is 1.09. The molecule has 3 rings (SSSR count). The van der Waals surface area contributed by atoms with E-state index in [4.69, 9.17) is 9.47 Å². The standard InChI is InChI=1S/C24H27NO4/c1-3-28-23(27)24(2,16-20-10-7-15-25-20)22(26)17-29-21-13-11-19(12-14-21)18-8-5-4-6-9-18/h4-15,22,25-26H,3,16-17H2,1-2H3. The third kappa shape index (κ3) is 5.06. The van der Waals surface area contributed by atoms with Crippen LogP contribution >= 0.6 is 0 Å². The molecule has 2 N–H and O–H groups in total. The smallest absolute Gasteiger partial charge is 0.314 e. The summed E-state index contributed by atoms with van der Waals surface area (Å²) in [5.41, 5.74) is 1.94. The Hall–Kier alpha value is -3.05. The van der Waals surface area contributed by atoms with Gasteiger partial charge in [0.15, 0.2) is 0 Å². The number of benzene rings is 2. The van der Waals surface area contributed by atoms with Crippen molar-refractivity contribution in [3.05, 3.63) is 78.6 Å². The van der Waals surface area contributed by atoms with Crippen LogP contribution in [-0.4, -0.2) is 35.4 Å². The van der Waals surface area contributed by atoms with Gasteiger partial charge in [0, 0.05) is 18.3 Å². The highest BCUT2D eigenvalue weighted by Gasteiger charge is 2.43. The Balaban J connectivity index is 1.67. The number of nitrogens with one attached hydrogen (secondary N) is 1. The fourth-order valence-electron chi connectivity index (χ4n) is 3.23. The van der Waals surface area contributed by atoms with Crippen molar-refractivity contribution in [1.82, 2.24) is 4.98 Å². The Morgan fingerprint density at radius 2 is 1.72 bits per heavy atom. The fraction of sp³-hybridized carbons (Fsp3) is 0.292. The Morgan fingerprint density at radius 3 is 2.34 bits per heavy atom. The summed E-state index contributed by atoms with van der Waals surface area (Å²) in [5.74, 6) is 0.194. The number of aliphatic hydroxyl groups is 1. The maximum Gasteiger partial charge on any atom is 0.314 e. The van der Waals surface area contributed by atoms with Crippen molar-refractivity contribution in [2.45, 2.75) is 26.4 Å². The van der Waals surface area contributed by atoms with Gasteiger partial charge in [-0.15, -0.1) is 0 Å². The number of hydrogen-bond donors (Lipinski definition) is 2. The van der Waals surface area contributed by atoms with E-state index in [2.05, 4.69) is 4.98 Å². The van der Waals surface area contributed by atoms with Gasteiger partial charge in [0.05, 0.1) is 12.0 Å². The maximum absolute atomic E-state index is 12.6. The number of esters is 1. The molecular formula is C24H27NO4. The minimum atomic E-state index is -1.12. The molecule has 1 aromatic heterocycles. The third-order valence-corrected chi connectivity index (χ3v) is 5.07. The molecule has 2 atom stereocenters. The average molecular weight is 393 g/mol. The lowest BCUT2D eigenvalue weighted by Crippen LogP contribution is -2.46. The van der Waals surface area contributed by atoms with Crippen molar-refractivity contribution in [2.24, 2.45) is 5.41 Å². The van der Waals surface area contributed by atoms with E-state index in [0.29, 0.717) is 12.2 Å². The summed E-state index contributed by atoms with van der Waals surface area (Å²) in [6, 6.07) is 21.5. The highest BCUT2D eigenvalue weighted by atomic mass is 16.5. The van der Waals surface area contributed by atoms with Crippen LogP contribution in [0.25, 0.3) is 11.1 Å². The van der Waals surface area contributed by atoms with Crippen molar-refractivity contribution in [1.29, 1.82) is 0 Å². The molecule has 5 heteroatoms. The van der Waals surface area contributed by atoms with Gasteiger partial charge in [0.1, 0.15) is 18.5 Å². The topological polar surface area (TPSA) is 71.6 Å². The van der Waals surface area contributed by atoms with Crippen molar-refractivity contribution in [2.75, 3.05) is 13.2 Å². The second kappa shape index (κ2) is 9.43. The van der Waals surface area contributed by atoms with Crippen LogP contribution in [0.5, 0.6) is 5.75 Å². The molecular weight excluding hydrogens is 366 g/mol. The number of aromatic nitrogens is 1. The van der Waals surface area contributed by atoms with Crippen molar-refractivity contribution < 1.29 is 19.4 Å². The van der Waals surface area contributed by atoms with Crippen LogP contribution in [0.3, 0.4) is 0 Å². The predicted octanol–water partition coefficient (Wildman–Crippen LogP) is 4.23.